The third kappa shape index (κ3) is 9.09. The molecule has 0 saturated heterocycles. The second-order valence-corrected chi connectivity index (χ2v) is 12.5. The number of nitrogens with zero attached hydrogens (tertiary/aromatic N) is 2. The van der Waals surface area contributed by atoms with Crippen molar-refractivity contribution in [1.82, 2.24) is 10.2 Å². The Morgan fingerprint density at radius 3 is 2.11 bits per heavy atom. The van der Waals surface area contributed by atoms with Crippen molar-refractivity contribution in [3.8, 4) is 5.75 Å². The summed E-state index contributed by atoms with van der Waals surface area (Å²) >= 11 is 12.7. The number of amides is 2. The van der Waals surface area contributed by atoms with E-state index in [4.69, 9.17) is 27.9 Å². The molecule has 2 rings (SSSR count). The van der Waals surface area contributed by atoms with Gasteiger partial charge < -0.3 is 15.0 Å². The highest BCUT2D eigenvalue weighted by molar-refractivity contribution is 7.92. The van der Waals surface area contributed by atoms with Crippen LogP contribution in [-0.4, -0.2) is 56.6 Å². The number of nitrogens with one attached hydrogen (secondary N) is 1. The average Bonchev–Trinajstić information content (AvgIpc) is 2.79. The molecule has 2 aromatic carbocycles. The molecular weight excluding hydrogens is 537 g/mol. The minimum absolute atomic E-state index is 0.0113. The van der Waals surface area contributed by atoms with E-state index in [9.17, 15) is 18.0 Å². The van der Waals surface area contributed by atoms with Crippen molar-refractivity contribution in [3.63, 3.8) is 0 Å². The van der Waals surface area contributed by atoms with Crippen molar-refractivity contribution < 1.29 is 22.7 Å². The zero-order valence-corrected chi connectivity index (χ0v) is 24.4. The summed E-state index contributed by atoms with van der Waals surface area (Å²) in [5.41, 5.74) is 0.509. The van der Waals surface area contributed by atoms with Gasteiger partial charge in [0.1, 0.15) is 11.8 Å². The normalized spacial score (nSPS) is 12.5. The summed E-state index contributed by atoms with van der Waals surface area (Å²) in [6, 6.07) is 10.9. The number of hydrogen-bond donors (Lipinski definition) is 1. The molecule has 0 radical (unpaired) electrons. The highest BCUT2D eigenvalue weighted by atomic mass is 35.5. The standard InChI is InChI=1S/C26H35Cl2N3O5S/c1-18(25(33)29-26(2,3)4)30(17-21-22(27)9-7-10-23(21)28)24(32)11-8-16-31(37(6,34)35)19-12-14-20(36-5)15-13-19/h7,9-10,12-15,18H,8,11,16-17H2,1-6H3,(H,29,33)/t18-/m1/s1. The van der Waals surface area contributed by atoms with Gasteiger partial charge >= 0.3 is 0 Å². The number of halogens is 2. The van der Waals surface area contributed by atoms with Crippen LogP contribution in [0.5, 0.6) is 5.75 Å². The van der Waals surface area contributed by atoms with Gasteiger partial charge in [0, 0.05) is 40.7 Å². The van der Waals surface area contributed by atoms with Crippen molar-refractivity contribution in [1.29, 1.82) is 0 Å². The second-order valence-electron chi connectivity index (χ2n) is 9.77. The van der Waals surface area contributed by atoms with Gasteiger partial charge in [-0.3, -0.25) is 13.9 Å². The Labute approximate surface area is 229 Å². The van der Waals surface area contributed by atoms with Gasteiger partial charge in [-0.05, 0) is 70.5 Å². The van der Waals surface area contributed by atoms with Gasteiger partial charge in [0.25, 0.3) is 0 Å². The van der Waals surface area contributed by atoms with Crippen molar-refractivity contribution in [2.24, 2.45) is 0 Å². The number of methoxy groups -OCH3 is 1. The topological polar surface area (TPSA) is 96.0 Å². The minimum atomic E-state index is -3.60. The quantitative estimate of drug-likeness (QED) is 0.414. The molecule has 0 aliphatic heterocycles. The number of hydrogen-bond acceptors (Lipinski definition) is 5. The number of carbonyl (C=O) groups excluding carboxylic acids is 2. The number of rotatable bonds is 11. The largest absolute Gasteiger partial charge is 0.497 e. The molecule has 0 fully saturated rings. The highest BCUT2D eigenvalue weighted by Crippen LogP contribution is 2.27. The number of carbonyl (C=O) groups is 2. The maximum atomic E-state index is 13.4. The minimum Gasteiger partial charge on any atom is -0.497 e. The second kappa shape index (κ2) is 12.8. The first-order valence-electron chi connectivity index (χ1n) is 11.8. The molecule has 0 saturated carbocycles. The highest BCUT2D eigenvalue weighted by Gasteiger charge is 2.29. The molecule has 0 aromatic heterocycles. The van der Waals surface area contributed by atoms with Crippen LogP contribution < -0.4 is 14.4 Å². The lowest BCUT2D eigenvalue weighted by Crippen LogP contribution is -2.52. The van der Waals surface area contributed by atoms with Crippen molar-refractivity contribution >= 4 is 50.7 Å². The van der Waals surface area contributed by atoms with Crippen LogP contribution in [0.15, 0.2) is 42.5 Å². The van der Waals surface area contributed by atoms with E-state index < -0.39 is 21.6 Å². The summed E-state index contributed by atoms with van der Waals surface area (Å²) in [7, 11) is -2.07. The van der Waals surface area contributed by atoms with E-state index in [2.05, 4.69) is 5.32 Å². The molecule has 2 amide bonds. The lowest BCUT2D eigenvalue weighted by molar-refractivity contribution is -0.141. The zero-order valence-electron chi connectivity index (χ0n) is 22.0. The van der Waals surface area contributed by atoms with Crippen molar-refractivity contribution in [3.05, 3.63) is 58.1 Å². The average molecular weight is 573 g/mol. The van der Waals surface area contributed by atoms with Crippen LogP contribution in [0.4, 0.5) is 5.69 Å². The number of ether oxygens (including phenoxy) is 1. The van der Waals surface area contributed by atoms with Crippen LogP contribution in [0.1, 0.15) is 46.1 Å². The van der Waals surface area contributed by atoms with Gasteiger partial charge in [0.2, 0.25) is 21.8 Å². The molecule has 204 valence electrons. The molecule has 2 aromatic rings. The SMILES string of the molecule is COc1ccc(N(CCCC(=O)N(Cc2c(Cl)cccc2Cl)[C@H](C)C(=O)NC(C)(C)C)S(C)(=O)=O)cc1. The third-order valence-electron chi connectivity index (χ3n) is 5.57. The van der Waals surface area contributed by atoms with Crippen LogP contribution >= 0.6 is 23.2 Å². The number of benzene rings is 2. The monoisotopic (exact) mass is 571 g/mol. The first kappa shape index (κ1) is 30.7. The Kier molecular flexibility index (Phi) is 10.7. The Balaban J connectivity index is 2.24. The fourth-order valence-electron chi connectivity index (χ4n) is 3.66. The summed E-state index contributed by atoms with van der Waals surface area (Å²) < 4.78 is 31.3. The first-order valence-corrected chi connectivity index (χ1v) is 14.4. The third-order valence-corrected chi connectivity index (χ3v) is 7.47. The Bertz CT molecular complexity index is 1180. The van der Waals surface area contributed by atoms with Crippen molar-refractivity contribution in [2.75, 3.05) is 24.2 Å². The van der Waals surface area contributed by atoms with E-state index in [0.29, 0.717) is 27.0 Å². The zero-order chi connectivity index (χ0) is 28.0. The lowest BCUT2D eigenvalue weighted by atomic mass is 10.1. The van der Waals surface area contributed by atoms with Gasteiger partial charge in [-0.2, -0.15) is 0 Å². The molecule has 0 unspecified atom stereocenters. The van der Waals surface area contributed by atoms with E-state index in [0.717, 1.165) is 6.26 Å². The fraction of sp³-hybridized carbons (Fsp3) is 0.462. The fourth-order valence-corrected chi connectivity index (χ4v) is 5.15. The lowest BCUT2D eigenvalue weighted by Gasteiger charge is -2.32. The van der Waals surface area contributed by atoms with Crippen LogP contribution in [-0.2, 0) is 26.2 Å². The summed E-state index contributed by atoms with van der Waals surface area (Å²) in [4.78, 5) is 27.8. The molecule has 0 aliphatic rings. The van der Waals surface area contributed by atoms with Crippen LogP contribution in [0, 0.1) is 0 Å². The molecular formula is C26H35Cl2N3O5S. The molecule has 1 atom stereocenters. The molecule has 11 heteroatoms. The predicted octanol–water partition coefficient (Wildman–Crippen LogP) is 4.88. The molecule has 0 aliphatic carbocycles. The Hall–Kier alpha value is -2.49. The van der Waals surface area contributed by atoms with Crippen LogP contribution in [0.3, 0.4) is 0 Å². The van der Waals surface area contributed by atoms with E-state index >= 15 is 0 Å². The van der Waals surface area contributed by atoms with Gasteiger partial charge in [-0.15, -0.1) is 0 Å². The van der Waals surface area contributed by atoms with Gasteiger partial charge in [0.05, 0.1) is 19.1 Å². The van der Waals surface area contributed by atoms with Crippen LogP contribution in [0.2, 0.25) is 10.0 Å². The van der Waals surface area contributed by atoms with E-state index in [-0.39, 0.29) is 37.7 Å². The molecule has 1 N–H and O–H groups in total. The smallest absolute Gasteiger partial charge is 0.242 e. The van der Waals surface area contributed by atoms with Crippen molar-refractivity contribution in [2.45, 2.75) is 58.7 Å². The number of anilines is 1. The molecule has 0 heterocycles. The summed E-state index contributed by atoms with van der Waals surface area (Å²) in [6.45, 7) is 7.32. The molecule has 0 bridgehead atoms. The van der Waals surface area contributed by atoms with E-state index in [1.54, 1.807) is 49.4 Å². The maximum Gasteiger partial charge on any atom is 0.242 e. The molecule has 0 spiro atoms. The van der Waals surface area contributed by atoms with Crippen LogP contribution in [0.25, 0.3) is 0 Å². The Morgan fingerprint density at radius 1 is 1.05 bits per heavy atom. The summed E-state index contributed by atoms with van der Waals surface area (Å²) in [5, 5.41) is 3.67. The molecule has 8 nitrogen and oxygen atoms in total. The van der Waals surface area contributed by atoms with Gasteiger partial charge in [0.15, 0.2) is 0 Å². The number of sulfonamides is 1. The predicted molar refractivity (Wildman–Crippen MR) is 149 cm³/mol. The van der Waals surface area contributed by atoms with Gasteiger partial charge in [-0.25, -0.2) is 8.42 Å². The first-order chi connectivity index (χ1) is 17.1. The summed E-state index contributed by atoms with van der Waals surface area (Å²) in [5.74, 6) is -0.0421. The molecule has 37 heavy (non-hydrogen) atoms. The Morgan fingerprint density at radius 2 is 1.62 bits per heavy atom. The summed E-state index contributed by atoms with van der Waals surface area (Å²) in [6.07, 6.45) is 1.36. The van der Waals surface area contributed by atoms with E-state index in [1.807, 2.05) is 20.8 Å². The van der Waals surface area contributed by atoms with E-state index in [1.165, 1.54) is 16.3 Å². The maximum absolute atomic E-state index is 13.4. The van der Waals surface area contributed by atoms with Gasteiger partial charge in [-0.1, -0.05) is 29.3 Å².